The van der Waals surface area contributed by atoms with Gasteiger partial charge in [0.1, 0.15) is 0 Å². The summed E-state index contributed by atoms with van der Waals surface area (Å²) < 4.78 is 4.19. The van der Waals surface area contributed by atoms with Crippen molar-refractivity contribution in [2.45, 2.75) is 26.3 Å². The highest BCUT2D eigenvalue weighted by atomic mass is 32.2. The van der Waals surface area contributed by atoms with Gasteiger partial charge < -0.3 is 25.4 Å². The number of thioether (sulfide) groups is 1. The first-order chi connectivity index (χ1) is 17.8. The van der Waals surface area contributed by atoms with E-state index in [2.05, 4.69) is 38.8 Å². The summed E-state index contributed by atoms with van der Waals surface area (Å²) in [5.74, 6) is 0.431. The van der Waals surface area contributed by atoms with Crippen molar-refractivity contribution in [1.82, 2.24) is 19.1 Å². The number of aromatic amines is 2. The Morgan fingerprint density at radius 1 is 1.14 bits per heavy atom. The summed E-state index contributed by atoms with van der Waals surface area (Å²) in [5, 5.41) is 17.3. The third kappa shape index (κ3) is 4.67. The molecule has 0 bridgehead atoms. The van der Waals surface area contributed by atoms with Crippen molar-refractivity contribution >= 4 is 44.7 Å². The van der Waals surface area contributed by atoms with Gasteiger partial charge in [-0.3, -0.25) is 14.8 Å². The minimum absolute atomic E-state index is 0.154. The van der Waals surface area contributed by atoms with Gasteiger partial charge in [0.05, 0.1) is 11.4 Å². The number of amidine groups is 1. The molecule has 10 heteroatoms. The van der Waals surface area contributed by atoms with Gasteiger partial charge in [-0.25, -0.2) is 4.79 Å². The van der Waals surface area contributed by atoms with Crippen molar-refractivity contribution in [3.63, 3.8) is 0 Å². The van der Waals surface area contributed by atoms with Crippen LogP contribution >= 0.6 is 11.8 Å². The highest BCUT2D eigenvalue weighted by Crippen LogP contribution is 2.40. The number of benzene rings is 2. The van der Waals surface area contributed by atoms with Gasteiger partial charge in [-0.15, -0.1) is 0 Å². The van der Waals surface area contributed by atoms with Gasteiger partial charge in [0.15, 0.2) is 5.17 Å². The van der Waals surface area contributed by atoms with E-state index in [1.54, 1.807) is 4.57 Å². The van der Waals surface area contributed by atoms with Gasteiger partial charge >= 0.3 is 5.69 Å². The molecule has 5 aromatic rings. The molecule has 2 aromatic carbocycles. The molecular formula is C27H28N6O3S. The zero-order valence-corrected chi connectivity index (χ0v) is 21.1. The van der Waals surface area contributed by atoms with Crippen LogP contribution in [0.5, 0.6) is 0 Å². The number of fused-ring (bicyclic) bond motifs is 4. The molecule has 9 nitrogen and oxygen atoms in total. The van der Waals surface area contributed by atoms with Crippen molar-refractivity contribution in [3.8, 4) is 16.9 Å². The molecule has 0 radical (unpaired) electrons. The Morgan fingerprint density at radius 3 is 2.59 bits per heavy atom. The highest BCUT2D eigenvalue weighted by Gasteiger charge is 2.28. The molecule has 1 aliphatic rings. The zero-order chi connectivity index (χ0) is 26.1. The Kier molecular flexibility index (Phi) is 6.66. The van der Waals surface area contributed by atoms with Crippen LogP contribution in [0.15, 0.2) is 65.7 Å². The molecule has 0 amide bonds. The van der Waals surface area contributed by atoms with Crippen LogP contribution in [0.2, 0.25) is 0 Å². The van der Waals surface area contributed by atoms with Crippen molar-refractivity contribution in [2.75, 3.05) is 5.75 Å². The second kappa shape index (κ2) is 10.1. The van der Waals surface area contributed by atoms with E-state index >= 15 is 0 Å². The van der Waals surface area contributed by atoms with Crippen molar-refractivity contribution < 1.29 is 9.90 Å². The van der Waals surface area contributed by atoms with Gasteiger partial charge in [0, 0.05) is 64.7 Å². The van der Waals surface area contributed by atoms with E-state index in [4.69, 9.17) is 21.0 Å². The number of nitrogens with two attached hydrogens (primary N) is 1. The van der Waals surface area contributed by atoms with Crippen LogP contribution in [0.25, 0.3) is 38.8 Å². The monoisotopic (exact) mass is 516 g/mol. The number of hydrogen-bond acceptors (Lipinski definition) is 4. The number of carboxylic acids is 1. The maximum Gasteiger partial charge on any atom is 0.330 e. The Hall–Kier alpha value is -4.18. The van der Waals surface area contributed by atoms with Gasteiger partial charge in [-0.1, -0.05) is 48.2 Å². The Labute approximate surface area is 216 Å². The molecule has 0 saturated heterocycles. The molecule has 6 rings (SSSR count). The smallest absolute Gasteiger partial charge is 0.330 e. The van der Waals surface area contributed by atoms with Crippen LogP contribution in [0.4, 0.5) is 0 Å². The van der Waals surface area contributed by atoms with Crippen LogP contribution in [-0.4, -0.2) is 41.1 Å². The first-order valence-corrected chi connectivity index (χ1v) is 13.0. The zero-order valence-electron chi connectivity index (χ0n) is 20.3. The lowest BCUT2D eigenvalue weighted by atomic mass is 9.94. The lowest BCUT2D eigenvalue weighted by molar-refractivity contribution is -0.134. The number of aliphatic carboxylic acids is 1. The van der Waals surface area contributed by atoms with Crippen LogP contribution in [0.1, 0.15) is 19.0 Å². The van der Waals surface area contributed by atoms with E-state index in [1.807, 2.05) is 36.7 Å². The standard InChI is InChI=1S/C25H24N6OS.C2H4O2/c26-24(27)33-14-15-9-10-30-19-8-4-2-6-17(19)23(20(30)11-15)22-13-29-25(32)31(22)21-12-28-18-7-3-1-5-16(18)21;1-2(3)4/h1-8,12-13,15,28H,9-11,14H2,(H3,26,27)(H,29,32);1H3,(H,3,4). The molecule has 0 saturated carbocycles. The lowest BCUT2D eigenvalue weighted by Gasteiger charge is -2.25. The number of carboxylic acid groups (broad SMARTS) is 1. The number of rotatable bonds is 4. The lowest BCUT2D eigenvalue weighted by Crippen LogP contribution is -2.22. The number of para-hydroxylation sites is 2. The first kappa shape index (κ1) is 24.5. The second-order valence-electron chi connectivity index (χ2n) is 9.08. The van der Waals surface area contributed by atoms with Gasteiger partial charge in [-0.2, -0.15) is 0 Å². The van der Waals surface area contributed by atoms with Gasteiger partial charge in [-0.05, 0) is 30.9 Å². The number of aryl methyl sites for hydroxylation is 1. The van der Waals surface area contributed by atoms with Crippen LogP contribution in [0.3, 0.4) is 0 Å². The maximum atomic E-state index is 13.1. The fraction of sp³-hybridized carbons (Fsp3) is 0.222. The molecular weight excluding hydrogens is 488 g/mol. The number of aromatic nitrogens is 4. The van der Waals surface area contributed by atoms with Crippen LogP contribution in [0, 0.1) is 11.3 Å². The number of hydrogen-bond donors (Lipinski definition) is 5. The van der Waals surface area contributed by atoms with Crippen LogP contribution in [-0.2, 0) is 17.8 Å². The fourth-order valence-electron chi connectivity index (χ4n) is 5.18. The predicted molar refractivity (Wildman–Crippen MR) is 149 cm³/mol. The molecule has 1 aliphatic heterocycles. The normalized spacial score (nSPS) is 14.8. The number of nitrogens with zero attached hydrogens (tertiary/aromatic N) is 2. The van der Waals surface area contributed by atoms with E-state index in [9.17, 15) is 4.79 Å². The average Bonchev–Trinajstić information content (AvgIpc) is 3.55. The summed E-state index contributed by atoms with van der Waals surface area (Å²) in [6, 6.07) is 16.5. The largest absolute Gasteiger partial charge is 0.481 e. The van der Waals surface area contributed by atoms with E-state index in [0.29, 0.717) is 5.92 Å². The summed E-state index contributed by atoms with van der Waals surface area (Å²) in [6.07, 6.45) is 5.67. The van der Waals surface area contributed by atoms with Gasteiger partial charge in [0.25, 0.3) is 5.97 Å². The van der Waals surface area contributed by atoms with Crippen molar-refractivity contribution in [2.24, 2.45) is 11.7 Å². The molecule has 6 N–H and O–H groups in total. The topological polar surface area (TPSA) is 146 Å². The highest BCUT2D eigenvalue weighted by molar-refractivity contribution is 8.13. The molecule has 37 heavy (non-hydrogen) atoms. The summed E-state index contributed by atoms with van der Waals surface area (Å²) in [4.78, 5) is 28.3. The average molecular weight is 517 g/mol. The fourth-order valence-corrected chi connectivity index (χ4v) is 5.88. The Balaban J connectivity index is 0.000000655. The maximum absolute atomic E-state index is 13.1. The number of imidazole rings is 1. The van der Waals surface area contributed by atoms with E-state index in [0.717, 1.165) is 65.3 Å². The summed E-state index contributed by atoms with van der Waals surface area (Å²) in [7, 11) is 0. The quantitative estimate of drug-likeness (QED) is 0.176. The summed E-state index contributed by atoms with van der Waals surface area (Å²) in [5.41, 5.74) is 11.7. The van der Waals surface area contributed by atoms with Gasteiger partial charge in [0.2, 0.25) is 0 Å². The molecule has 0 aliphatic carbocycles. The minimum Gasteiger partial charge on any atom is -0.481 e. The first-order valence-electron chi connectivity index (χ1n) is 12.0. The molecule has 3 aromatic heterocycles. The molecule has 0 spiro atoms. The summed E-state index contributed by atoms with van der Waals surface area (Å²) in [6.45, 7) is 2.00. The van der Waals surface area contributed by atoms with E-state index in [-0.39, 0.29) is 10.9 Å². The third-order valence-electron chi connectivity index (χ3n) is 6.64. The Bertz CT molecular complexity index is 1670. The number of nitrogens with one attached hydrogen (secondary N) is 3. The van der Waals surface area contributed by atoms with Crippen molar-refractivity contribution in [3.05, 3.63) is 77.1 Å². The minimum atomic E-state index is -0.833. The number of carbonyl (C=O) groups is 1. The molecule has 0 fully saturated rings. The Morgan fingerprint density at radius 2 is 1.84 bits per heavy atom. The third-order valence-corrected chi connectivity index (χ3v) is 7.59. The molecule has 1 atom stereocenters. The summed E-state index contributed by atoms with van der Waals surface area (Å²) >= 11 is 1.41. The SMILES string of the molecule is CC(=O)O.N=C(N)SCC1CCn2c(c(-c3c[nH]c(=O)n3-c3c[nH]c4ccccc34)c3ccccc32)C1. The predicted octanol–water partition coefficient (Wildman–Crippen LogP) is 4.55. The molecule has 1 unspecified atom stereocenters. The molecule has 190 valence electrons. The van der Waals surface area contributed by atoms with Crippen LogP contribution < -0.4 is 11.4 Å². The van der Waals surface area contributed by atoms with E-state index < -0.39 is 5.97 Å². The second-order valence-corrected chi connectivity index (χ2v) is 10.1. The van der Waals surface area contributed by atoms with E-state index in [1.165, 1.54) is 23.0 Å². The molecule has 4 heterocycles. The van der Waals surface area contributed by atoms with Crippen molar-refractivity contribution in [1.29, 1.82) is 5.41 Å². The number of H-pyrrole nitrogens is 2.